The lowest BCUT2D eigenvalue weighted by Crippen LogP contribution is -2.30. The van der Waals surface area contributed by atoms with E-state index in [-0.39, 0.29) is 17.6 Å². The van der Waals surface area contributed by atoms with E-state index in [1.165, 1.54) is 4.90 Å². The van der Waals surface area contributed by atoms with Crippen molar-refractivity contribution in [3.63, 3.8) is 0 Å². The Hall–Kier alpha value is -3.81. The first-order chi connectivity index (χ1) is 14.9. The maximum atomic E-state index is 13.1. The Labute approximate surface area is 178 Å². The van der Waals surface area contributed by atoms with Gasteiger partial charge in [0.1, 0.15) is 17.9 Å². The molecule has 0 saturated heterocycles. The van der Waals surface area contributed by atoms with Crippen LogP contribution in [0.4, 0.5) is 0 Å². The van der Waals surface area contributed by atoms with Gasteiger partial charge in [-0.05, 0) is 25.5 Å². The van der Waals surface area contributed by atoms with Gasteiger partial charge in [-0.1, -0.05) is 35.5 Å². The van der Waals surface area contributed by atoms with E-state index in [0.717, 1.165) is 11.1 Å². The Bertz CT molecular complexity index is 1360. The molecular weight excluding hydrogens is 396 g/mol. The van der Waals surface area contributed by atoms with Gasteiger partial charge in [0.15, 0.2) is 5.75 Å². The maximum absolute atomic E-state index is 13.1. The molecule has 8 heteroatoms. The molecule has 5 rings (SSSR count). The Balaban J connectivity index is 1.89. The summed E-state index contributed by atoms with van der Waals surface area (Å²) in [5.41, 5.74) is 4.26. The first kappa shape index (κ1) is 19.2. The second-order valence-electron chi connectivity index (χ2n) is 7.96. The Morgan fingerprint density at radius 1 is 1.23 bits per heavy atom. The molecule has 0 bridgehead atoms. The number of ether oxygens (including phenoxy) is 1. The summed E-state index contributed by atoms with van der Waals surface area (Å²) in [4.78, 5) is 30.6. The van der Waals surface area contributed by atoms with Crippen LogP contribution in [0, 0.1) is 13.8 Å². The van der Waals surface area contributed by atoms with E-state index in [2.05, 4.69) is 10.1 Å². The van der Waals surface area contributed by atoms with Crippen molar-refractivity contribution in [1.82, 2.24) is 19.6 Å². The van der Waals surface area contributed by atoms with Crippen molar-refractivity contribution in [3.05, 3.63) is 69.5 Å². The van der Waals surface area contributed by atoms with Crippen molar-refractivity contribution >= 4 is 16.9 Å². The molecule has 2 aromatic carbocycles. The standard InChI is InChI=1S/C23H22N4O4/c1-12-18(13(2)31-25-12)15-10-16(22(28)26(3)4)19-20-21(15)30-11-17(27(20)23(29)24-19)14-8-6-5-7-9-14/h5-10,17H,11H2,1-4H3,(H,24,29)/t17-/m1/s1. The van der Waals surface area contributed by atoms with Crippen molar-refractivity contribution in [2.75, 3.05) is 20.7 Å². The smallest absolute Gasteiger partial charge is 0.327 e. The third-order valence-corrected chi connectivity index (χ3v) is 5.77. The van der Waals surface area contributed by atoms with Crippen molar-refractivity contribution in [2.24, 2.45) is 0 Å². The van der Waals surface area contributed by atoms with E-state index in [0.29, 0.717) is 46.0 Å². The monoisotopic (exact) mass is 418 g/mol. The van der Waals surface area contributed by atoms with Crippen LogP contribution in [0.5, 0.6) is 5.75 Å². The van der Waals surface area contributed by atoms with Gasteiger partial charge >= 0.3 is 5.69 Å². The molecule has 4 aromatic rings. The largest absolute Gasteiger partial charge is 0.488 e. The number of H-pyrrole nitrogens is 1. The molecule has 0 aliphatic carbocycles. The van der Waals surface area contributed by atoms with Crippen molar-refractivity contribution < 1.29 is 14.1 Å². The number of carbonyl (C=O) groups is 1. The zero-order chi connectivity index (χ0) is 21.9. The molecule has 158 valence electrons. The number of nitrogens with one attached hydrogen (secondary N) is 1. The highest BCUT2D eigenvalue weighted by Gasteiger charge is 2.33. The molecule has 1 N–H and O–H groups in total. The number of benzene rings is 2. The normalized spacial score (nSPS) is 15.2. The molecule has 0 saturated carbocycles. The summed E-state index contributed by atoms with van der Waals surface area (Å²) in [7, 11) is 3.36. The zero-order valence-electron chi connectivity index (χ0n) is 17.7. The predicted octanol–water partition coefficient (Wildman–Crippen LogP) is 3.29. The van der Waals surface area contributed by atoms with Gasteiger partial charge in [-0.3, -0.25) is 9.36 Å². The number of aromatic nitrogens is 3. The average molecular weight is 418 g/mol. The minimum Gasteiger partial charge on any atom is -0.488 e. The van der Waals surface area contributed by atoms with Crippen LogP contribution in [0.25, 0.3) is 22.2 Å². The molecule has 3 heterocycles. The molecular formula is C23H22N4O4. The summed E-state index contributed by atoms with van der Waals surface area (Å²) in [6.45, 7) is 3.96. The second kappa shape index (κ2) is 6.87. The fourth-order valence-corrected chi connectivity index (χ4v) is 4.34. The summed E-state index contributed by atoms with van der Waals surface area (Å²) in [5, 5.41) is 4.06. The lowest BCUT2D eigenvalue weighted by molar-refractivity contribution is 0.0829. The molecule has 31 heavy (non-hydrogen) atoms. The molecule has 8 nitrogen and oxygen atoms in total. The third-order valence-electron chi connectivity index (χ3n) is 5.77. The second-order valence-corrected chi connectivity index (χ2v) is 7.96. The van der Waals surface area contributed by atoms with Crippen molar-refractivity contribution in [1.29, 1.82) is 0 Å². The number of hydrogen-bond donors (Lipinski definition) is 1. The topological polar surface area (TPSA) is 93.4 Å². The number of rotatable bonds is 3. The number of hydrogen-bond acceptors (Lipinski definition) is 5. The summed E-state index contributed by atoms with van der Waals surface area (Å²) in [5.74, 6) is 0.953. The molecule has 1 aliphatic heterocycles. The van der Waals surface area contributed by atoms with E-state index >= 15 is 0 Å². The van der Waals surface area contributed by atoms with Gasteiger partial charge in [-0.15, -0.1) is 0 Å². The number of imidazole rings is 1. The lowest BCUT2D eigenvalue weighted by Gasteiger charge is -2.27. The van der Waals surface area contributed by atoms with Gasteiger partial charge in [-0.2, -0.15) is 0 Å². The summed E-state index contributed by atoms with van der Waals surface area (Å²) in [6.07, 6.45) is 0. The number of aromatic amines is 1. The first-order valence-electron chi connectivity index (χ1n) is 10.0. The van der Waals surface area contributed by atoms with E-state index < -0.39 is 0 Å². The van der Waals surface area contributed by atoms with Crippen LogP contribution in [0.15, 0.2) is 45.7 Å². The quantitative estimate of drug-likeness (QED) is 0.551. The van der Waals surface area contributed by atoms with Crippen molar-refractivity contribution in [2.45, 2.75) is 19.9 Å². The fourth-order valence-electron chi connectivity index (χ4n) is 4.34. The van der Waals surface area contributed by atoms with E-state index in [1.807, 2.05) is 44.2 Å². The highest BCUT2D eigenvalue weighted by molar-refractivity contribution is 6.09. The molecule has 1 aliphatic rings. The summed E-state index contributed by atoms with van der Waals surface area (Å²) in [6, 6.07) is 11.2. The molecule has 1 amide bonds. The highest BCUT2D eigenvalue weighted by Crippen LogP contribution is 2.44. The third kappa shape index (κ3) is 2.78. The van der Waals surface area contributed by atoms with E-state index in [4.69, 9.17) is 9.26 Å². The van der Waals surface area contributed by atoms with E-state index in [1.54, 1.807) is 24.7 Å². The maximum Gasteiger partial charge on any atom is 0.327 e. The molecule has 0 unspecified atom stereocenters. The Kier molecular flexibility index (Phi) is 4.25. The molecule has 0 radical (unpaired) electrons. The molecule has 0 fully saturated rings. The molecule has 1 atom stereocenters. The van der Waals surface area contributed by atoms with E-state index in [9.17, 15) is 9.59 Å². The highest BCUT2D eigenvalue weighted by atomic mass is 16.5. The van der Waals surface area contributed by atoms with Crippen LogP contribution in [0.2, 0.25) is 0 Å². The van der Waals surface area contributed by atoms with Gasteiger partial charge in [0.05, 0.1) is 28.4 Å². The average Bonchev–Trinajstić information content (AvgIpc) is 3.29. The van der Waals surface area contributed by atoms with Gasteiger partial charge in [-0.25, -0.2) is 4.79 Å². The van der Waals surface area contributed by atoms with Crippen LogP contribution >= 0.6 is 0 Å². The van der Waals surface area contributed by atoms with Crippen LogP contribution in [0.3, 0.4) is 0 Å². The number of nitrogens with zero attached hydrogens (tertiary/aromatic N) is 3. The zero-order valence-corrected chi connectivity index (χ0v) is 17.7. The minimum absolute atomic E-state index is 0.213. The molecule has 2 aromatic heterocycles. The fraction of sp³-hybridized carbons (Fsp3) is 0.261. The van der Waals surface area contributed by atoms with Crippen molar-refractivity contribution in [3.8, 4) is 16.9 Å². The summed E-state index contributed by atoms with van der Waals surface area (Å²) < 4.78 is 13.3. The van der Waals surface area contributed by atoms with Gasteiger partial charge in [0.2, 0.25) is 0 Å². The van der Waals surface area contributed by atoms with Gasteiger partial charge < -0.3 is 19.1 Å². The van der Waals surface area contributed by atoms with Crippen LogP contribution in [-0.2, 0) is 0 Å². The van der Waals surface area contributed by atoms with Crippen LogP contribution in [-0.4, -0.2) is 46.2 Å². The molecule has 0 spiro atoms. The predicted molar refractivity (Wildman–Crippen MR) is 116 cm³/mol. The Morgan fingerprint density at radius 3 is 2.61 bits per heavy atom. The first-order valence-corrected chi connectivity index (χ1v) is 10.0. The van der Waals surface area contributed by atoms with Gasteiger partial charge in [0, 0.05) is 19.7 Å². The number of aryl methyl sites for hydroxylation is 2. The van der Waals surface area contributed by atoms with Crippen LogP contribution in [0.1, 0.15) is 33.4 Å². The minimum atomic E-state index is -0.308. The summed E-state index contributed by atoms with van der Waals surface area (Å²) >= 11 is 0. The van der Waals surface area contributed by atoms with Crippen LogP contribution < -0.4 is 10.4 Å². The SMILES string of the molecule is Cc1noc(C)c1-c1cc(C(=O)N(C)C)c2[nH]c(=O)n3c2c1OC[C@@H]3c1ccccc1. The number of carbonyl (C=O) groups excluding carboxylic acids is 1. The Morgan fingerprint density at radius 2 is 1.97 bits per heavy atom. The van der Waals surface area contributed by atoms with Gasteiger partial charge in [0.25, 0.3) is 5.91 Å². The lowest BCUT2D eigenvalue weighted by atomic mass is 9.97. The number of amides is 1.